The minimum Gasteiger partial charge on any atom is -0.481 e. The van der Waals surface area contributed by atoms with Crippen LogP contribution in [0.3, 0.4) is 0 Å². The average Bonchev–Trinajstić information content (AvgIpc) is 2.53. The molecule has 4 N–H and O–H groups in total. The molecule has 0 saturated heterocycles. The fourth-order valence-corrected chi connectivity index (χ4v) is 2.81. The van der Waals surface area contributed by atoms with Gasteiger partial charge in [-0.15, -0.1) is 0 Å². The molecule has 0 rings (SSSR count). The van der Waals surface area contributed by atoms with Crippen LogP contribution in [0.1, 0.15) is 96.3 Å². The summed E-state index contributed by atoms with van der Waals surface area (Å²) in [7, 11) is 0. The zero-order valence-corrected chi connectivity index (χ0v) is 15.4. The van der Waals surface area contributed by atoms with Gasteiger partial charge in [0.05, 0.1) is 0 Å². The first-order chi connectivity index (χ1) is 11.6. The Morgan fingerprint density at radius 1 is 0.625 bits per heavy atom. The number of nitrogens with two attached hydrogens (primary N) is 1. The summed E-state index contributed by atoms with van der Waals surface area (Å²) in [5, 5.41) is 11.9. The lowest BCUT2D eigenvalue weighted by Gasteiger charge is -2.04. The number of unbranched alkanes of at least 4 members (excludes halogenated alkanes) is 11. The Morgan fingerprint density at radius 3 is 1.50 bits per heavy atom. The lowest BCUT2D eigenvalue weighted by Crippen LogP contribution is -2.19. The van der Waals surface area contributed by atoms with Gasteiger partial charge in [0.1, 0.15) is 0 Å². The number of carbonyl (C=O) groups excluding carboxylic acids is 1. The van der Waals surface area contributed by atoms with E-state index >= 15 is 0 Å². The van der Waals surface area contributed by atoms with Gasteiger partial charge in [-0.3, -0.25) is 9.59 Å². The van der Waals surface area contributed by atoms with Crippen molar-refractivity contribution < 1.29 is 14.7 Å². The molecule has 0 bridgehead atoms. The van der Waals surface area contributed by atoms with E-state index in [0.29, 0.717) is 12.8 Å². The number of primary amides is 1. The third-order valence-corrected chi connectivity index (χ3v) is 4.27. The summed E-state index contributed by atoms with van der Waals surface area (Å²) in [6.45, 7) is 1.93. The van der Waals surface area contributed by atoms with E-state index in [1.54, 1.807) is 0 Å². The van der Waals surface area contributed by atoms with E-state index in [1.165, 1.54) is 64.2 Å². The first-order valence-electron chi connectivity index (χ1n) is 9.83. The van der Waals surface area contributed by atoms with Crippen molar-refractivity contribution in [3.05, 3.63) is 0 Å². The van der Waals surface area contributed by atoms with Gasteiger partial charge in [-0.05, 0) is 32.4 Å². The highest BCUT2D eigenvalue weighted by Gasteiger charge is 1.97. The number of nitrogens with one attached hydrogen (secondary N) is 1. The van der Waals surface area contributed by atoms with E-state index in [2.05, 4.69) is 5.32 Å². The largest absolute Gasteiger partial charge is 0.481 e. The zero-order chi connectivity index (χ0) is 17.9. The van der Waals surface area contributed by atoms with Crippen LogP contribution in [0.25, 0.3) is 0 Å². The van der Waals surface area contributed by atoms with Crippen LogP contribution in [0.4, 0.5) is 0 Å². The first-order valence-corrected chi connectivity index (χ1v) is 9.83. The number of hydrogen-bond donors (Lipinski definition) is 3. The third kappa shape index (κ3) is 20.9. The van der Waals surface area contributed by atoms with Gasteiger partial charge in [0.2, 0.25) is 5.91 Å². The number of amides is 1. The van der Waals surface area contributed by atoms with Crippen molar-refractivity contribution in [2.24, 2.45) is 5.73 Å². The highest BCUT2D eigenvalue weighted by Crippen LogP contribution is 2.12. The Labute approximate surface area is 147 Å². The Balaban J connectivity index is 3.00. The number of rotatable bonds is 19. The monoisotopic (exact) mass is 342 g/mol. The second-order valence-electron chi connectivity index (χ2n) is 6.71. The zero-order valence-electron chi connectivity index (χ0n) is 15.4. The average molecular weight is 343 g/mol. The van der Waals surface area contributed by atoms with E-state index in [0.717, 1.165) is 32.4 Å². The van der Waals surface area contributed by atoms with Gasteiger partial charge in [0.25, 0.3) is 0 Å². The molecule has 0 saturated carbocycles. The summed E-state index contributed by atoms with van der Waals surface area (Å²) in [5.41, 5.74) is 5.08. The molecule has 0 unspecified atom stereocenters. The molecule has 0 fully saturated rings. The summed E-state index contributed by atoms with van der Waals surface area (Å²) in [4.78, 5) is 20.9. The summed E-state index contributed by atoms with van der Waals surface area (Å²) >= 11 is 0. The summed E-state index contributed by atoms with van der Waals surface area (Å²) in [5.74, 6) is -0.885. The van der Waals surface area contributed by atoms with Crippen LogP contribution < -0.4 is 11.1 Å². The van der Waals surface area contributed by atoms with Gasteiger partial charge in [-0.2, -0.15) is 0 Å². The van der Waals surface area contributed by atoms with Crippen molar-refractivity contribution in [2.75, 3.05) is 13.1 Å². The van der Waals surface area contributed by atoms with Gasteiger partial charge >= 0.3 is 5.97 Å². The quantitative estimate of drug-likeness (QED) is 0.309. The predicted octanol–water partition coefficient (Wildman–Crippen LogP) is 4.00. The standard InChI is InChI=1S/C19H38N2O3/c20-18(22)14-13-17-21-16-12-10-8-6-4-2-1-3-5-7-9-11-15-19(23)24/h21H,1-17H2,(H2,20,22)(H,23,24). The van der Waals surface area contributed by atoms with Gasteiger partial charge in [0, 0.05) is 12.8 Å². The van der Waals surface area contributed by atoms with Crippen LogP contribution in [0, 0.1) is 0 Å². The van der Waals surface area contributed by atoms with Crippen molar-refractivity contribution in [1.82, 2.24) is 5.32 Å². The van der Waals surface area contributed by atoms with Crippen LogP contribution in [-0.4, -0.2) is 30.1 Å². The first kappa shape index (κ1) is 22.9. The second-order valence-corrected chi connectivity index (χ2v) is 6.71. The molecule has 0 atom stereocenters. The Hall–Kier alpha value is -1.10. The normalized spacial score (nSPS) is 10.8. The van der Waals surface area contributed by atoms with Crippen LogP contribution in [0.2, 0.25) is 0 Å². The minimum absolute atomic E-state index is 0.213. The fourth-order valence-electron chi connectivity index (χ4n) is 2.81. The van der Waals surface area contributed by atoms with Crippen molar-refractivity contribution in [3.63, 3.8) is 0 Å². The molecule has 0 radical (unpaired) electrons. The van der Waals surface area contributed by atoms with Crippen LogP contribution in [0.5, 0.6) is 0 Å². The molecule has 5 nitrogen and oxygen atoms in total. The van der Waals surface area contributed by atoms with Crippen LogP contribution in [-0.2, 0) is 9.59 Å². The maximum absolute atomic E-state index is 10.6. The fraction of sp³-hybridized carbons (Fsp3) is 0.895. The summed E-state index contributed by atoms with van der Waals surface area (Å²) < 4.78 is 0. The van der Waals surface area contributed by atoms with Crippen molar-refractivity contribution in [3.8, 4) is 0 Å². The summed E-state index contributed by atoms with van der Waals surface area (Å²) in [6.07, 6.45) is 16.4. The molecule has 0 aromatic heterocycles. The Kier molecular flexibility index (Phi) is 17.4. The number of aliphatic carboxylic acids is 1. The highest BCUT2D eigenvalue weighted by atomic mass is 16.4. The molecule has 0 aromatic rings. The number of hydrogen-bond acceptors (Lipinski definition) is 3. The number of carboxylic acids is 1. The summed E-state index contributed by atoms with van der Waals surface area (Å²) in [6, 6.07) is 0. The molecular formula is C19H38N2O3. The molecule has 1 amide bonds. The second kappa shape index (κ2) is 18.2. The maximum Gasteiger partial charge on any atom is 0.303 e. The number of carboxylic acid groups (broad SMARTS) is 1. The van der Waals surface area contributed by atoms with Crippen molar-refractivity contribution in [1.29, 1.82) is 0 Å². The van der Waals surface area contributed by atoms with E-state index in [1.807, 2.05) is 0 Å². The highest BCUT2D eigenvalue weighted by molar-refractivity contribution is 5.73. The van der Waals surface area contributed by atoms with E-state index < -0.39 is 5.97 Å². The third-order valence-electron chi connectivity index (χ3n) is 4.27. The van der Waals surface area contributed by atoms with E-state index in [9.17, 15) is 9.59 Å². The van der Waals surface area contributed by atoms with Gasteiger partial charge in [-0.1, -0.05) is 64.2 Å². The van der Waals surface area contributed by atoms with Gasteiger partial charge < -0.3 is 16.2 Å². The molecule has 142 valence electrons. The lowest BCUT2D eigenvalue weighted by molar-refractivity contribution is -0.137. The van der Waals surface area contributed by atoms with Crippen molar-refractivity contribution in [2.45, 2.75) is 96.3 Å². The molecule has 0 aliphatic rings. The number of carbonyl (C=O) groups is 2. The SMILES string of the molecule is NC(=O)CCCNCCCCCCCCCCCCCCC(=O)O. The molecule has 0 aliphatic heterocycles. The molecule has 0 aliphatic carbocycles. The molecule has 5 heteroatoms. The molecule has 24 heavy (non-hydrogen) atoms. The Bertz CT molecular complexity index is 279. The Morgan fingerprint density at radius 2 is 1.04 bits per heavy atom. The topological polar surface area (TPSA) is 92.4 Å². The van der Waals surface area contributed by atoms with Gasteiger partial charge in [0.15, 0.2) is 0 Å². The van der Waals surface area contributed by atoms with E-state index in [4.69, 9.17) is 10.8 Å². The molecule has 0 spiro atoms. The van der Waals surface area contributed by atoms with E-state index in [-0.39, 0.29) is 5.91 Å². The minimum atomic E-state index is -0.672. The lowest BCUT2D eigenvalue weighted by atomic mass is 10.0. The molecule has 0 aromatic carbocycles. The molecule has 0 heterocycles. The predicted molar refractivity (Wildman–Crippen MR) is 99.0 cm³/mol. The van der Waals surface area contributed by atoms with Gasteiger partial charge in [-0.25, -0.2) is 0 Å². The maximum atomic E-state index is 10.6. The van der Waals surface area contributed by atoms with Crippen LogP contribution in [0.15, 0.2) is 0 Å². The van der Waals surface area contributed by atoms with Crippen molar-refractivity contribution >= 4 is 11.9 Å². The van der Waals surface area contributed by atoms with Crippen LogP contribution >= 0.6 is 0 Å². The molecular weight excluding hydrogens is 304 g/mol. The smallest absolute Gasteiger partial charge is 0.303 e.